The van der Waals surface area contributed by atoms with Gasteiger partial charge in [-0.3, -0.25) is 9.69 Å². The molecule has 1 aromatic carbocycles. The minimum Gasteiger partial charge on any atom is -0.316 e. The largest absolute Gasteiger partial charge is 0.316 e. The van der Waals surface area contributed by atoms with Gasteiger partial charge in [-0.2, -0.15) is 0 Å². The van der Waals surface area contributed by atoms with Gasteiger partial charge < -0.3 is 4.57 Å². The second-order valence-corrected chi connectivity index (χ2v) is 5.40. The molecule has 0 aliphatic carbocycles. The molecule has 2 aromatic rings. The highest BCUT2D eigenvalue weighted by Gasteiger charge is 2.48. The van der Waals surface area contributed by atoms with Gasteiger partial charge in [0.2, 0.25) is 5.91 Å². The summed E-state index contributed by atoms with van der Waals surface area (Å²) in [7, 11) is 0. The van der Waals surface area contributed by atoms with Crippen LogP contribution in [0.1, 0.15) is 25.5 Å². The monoisotopic (exact) mass is 256 g/mol. The Morgan fingerprint density at radius 1 is 1.26 bits per heavy atom. The Bertz CT molecular complexity index is 706. The predicted octanol–water partition coefficient (Wildman–Crippen LogP) is 2.97. The maximum atomic E-state index is 13.5. The second-order valence-electron chi connectivity index (χ2n) is 5.40. The van der Waals surface area contributed by atoms with Crippen LogP contribution in [0.3, 0.4) is 0 Å². The van der Waals surface area contributed by atoms with Crippen LogP contribution in [-0.2, 0) is 10.3 Å². The number of fused-ring (bicyclic) bond motifs is 6. The topological polar surface area (TPSA) is 25.2 Å². The third-order valence-corrected chi connectivity index (χ3v) is 4.31. The van der Waals surface area contributed by atoms with E-state index in [1.165, 1.54) is 12.1 Å². The van der Waals surface area contributed by atoms with Crippen molar-refractivity contribution in [2.24, 2.45) is 0 Å². The lowest BCUT2D eigenvalue weighted by Crippen LogP contribution is -2.45. The van der Waals surface area contributed by atoms with E-state index in [1.807, 2.05) is 27.8 Å². The second kappa shape index (κ2) is 3.26. The van der Waals surface area contributed by atoms with Crippen LogP contribution in [0.5, 0.6) is 0 Å². The molecule has 1 unspecified atom stereocenters. The standard InChI is InChI=1S/C15H13FN2O/c1-15-7-6-14(19)18(15)11-5-4-10(16)9-12(11)17-8-2-3-13(15)17/h2-5,8-9H,6-7H2,1H3. The average Bonchev–Trinajstić information content (AvgIpc) is 2.97. The lowest BCUT2D eigenvalue weighted by atomic mass is 9.91. The van der Waals surface area contributed by atoms with Gasteiger partial charge >= 0.3 is 0 Å². The predicted molar refractivity (Wildman–Crippen MR) is 69.8 cm³/mol. The zero-order valence-electron chi connectivity index (χ0n) is 10.6. The molecule has 0 bridgehead atoms. The molecule has 0 saturated carbocycles. The number of amides is 1. The Kier molecular flexibility index (Phi) is 1.85. The third kappa shape index (κ3) is 1.19. The molecule has 1 amide bonds. The molecule has 3 heterocycles. The van der Waals surface area contributed by atoms with Gasteiger partial charge in [-0.25, -0.2) is 4.39 Å². The van der Waals surface area contributed by atoms with Crippen molar-refractivity contribution in [3.8, 4) is 5.69 Å². The zero-order valence-corrected chi connectivity index (χ0v) is 10.6. The van der Waals surface area contributed by atoms with Crippen molar-refractivity contribution in [3.05, 3.63) is 48.0 Å². The lowest BCUT2D eigenvalue weighted by molar-refractivity contribution is -0.117. The van der Waals surface area contributed by atoms with E-state index in [1.54, 1.807) is 6.07 Å². The molecule has 1 aromatic heterocycles. The van der Waals surface area contributed by atoms with Crippen molar-refractivity contribution in [1.29, 1.82) is 0 Å². The highest BCUT2D eigenvalue weighted by atomic mass is 19.1. The number of benzene rings is 1. The summed E-state index contributed by atoms with van der Waals surface area (Å²) in [4.78, 5) is 14.0. The van der Waals surface area contributed by atoms with E-state index in [-0.39, 0.29) is 17.3 Å². The van der Waals surface area contributed by atoms with Crippen LogP contribution in [0.25, 0.3) is 5.69 Å². The van der Waals surface area contributed by atoms with Gasteiger partial charge in [0, 0.05) is 18.3 Å². The fourth-order valence-electron chi connectivity index (χ4n) is 3.40. The summed E-state index contributed by atoms with van der Waals surface area (Å²) in [5.74, 6) is -0.170. The van der Waals surface area contributed by atoms with E-state index in [9.17, 15) is 9.18 Å². The van der Waals surface area contributed by atoms with Crippen LogP contribution >= 0.6 is 0 Å². The first-order valence-corrected chi connectivity index (χ1v) is 6.42. The lowest BCUT2D eigenvalue weighted by Gasteiger charge is -2.41. The molecule has 0 radical (unpaired) electrons. The highest BCUT2D eigenvalue weighted by Crippen LogP contribution is 2.48. The molecule has 1 fully saturated rings. The minimum atomic E-state index is -0.314. The van der Waals surface area contributed by atoms with Gasteiger partial charge in [0.05, 0.1) is 16.9 Å². The average molecular weight is 256 g/mol. The Labute approximate surface area is 110 Å². The number of halogens is 1. The third-order valence-electron chi connectivity index (χ3n) is 4.31. The molecule has 3 nitrogen and oxygen atoms in total. The van der Waals surface area contributed by atoms with E-state index < -0.39 is 0 Å². The van der Waals surface area contributed by atoms with Crippen LogP contribution in [0, 0.1) is 5.82 Å². The first-order valence-electron chi connectivity index (χ1n) is 6.42. The Hall–Kier alpha value is -2.10. The van der Waals surface area contributed by atoms with Gasteiger partial charge in [-0.15, -0.1) is 0 Å². The number of nitrogens with zero attached hydrogens (tertiary/aromatic N) is 2. The van der Waals surface area contributed by atoms with E-state index in [4.69, 9.17) is 0 Å². The highest BCUT2D eigenvalue weighted by molar-refractivity contribution is 6.00. The van der Waals surface area contributed by atoms with E-state index in [0.717, 1.165) is 23.5 Å². The summed E-state index contributed by atoms with van der Waals surface area (Å²) in [6.07, 6.45) is 3.27. The number of hydrogen-bond acceptors (Lipinski definition) is 1. The minimum absolute atomic E-state index is 0.114. The van der Waals surface area contributed by atoms with Gasteiger partial charge in [-0.1, -0.05) is 0 Å². The summed E-state index contributed by atoms with van der Waals surface area (Å²) in [5, 5.41) is 0. The van der Waals surface area contributed by atoms with Crippen LogP contribution < -0.4 is 4.90 Å². The Morgan fingerprint density at radius 2 is 2.11 bits per heavy atom. The number of hydrogen-bond donors (Lipinski definition) is 0. The summed E-state index contributed by atoms with van der Waals surface area (Å²) < 4.78 is 15.5. The Morgan fingerprint density at radius 3 is 2.95 bits per heavy atom. The smallest absolute Gasteiger partial charge is 0.227 e. The summed E-state index contributed by atoms with van der Waals surface area (Å²) >= 11 is 0. The molecule has 0 spiro atoms. The molecule has 96 valence electrons. The molecule has 1 saturated heterocycles. The molecule has 2 aliphatic rings. The van der Waals surface area contributed by atoms with Crippen molar-refractivity contribution in [2.75, 3.05) is 4.90 Å². The SMILES string of the molecule is CC12CCC(=O)N1c1ccc(F)cc1-n1cccc12. The molecular formula is C15H13FN2O. The van der Waals surface area contributed by atoms with Crippen molar-refractivity contribution in [2.45, 2.75) is 25.3 Å². The van der Waals surface area contributed by atoms with Crippen LogP contribution in [0.2, 0.25) is 0 Å². The molecule has 4 heteroatoms. The molecule has 1 atom stereocenters. The quantitative estimate of drug-likeness (QED) is 0.711. The van der Waals surface area contributed by atoms with Crippen molar-refractivity contribution < 1.29 is 9.18 Å². The van der Waals surface area contributed by atoms with Crippen LogP contribution in [0.4, 0.5) is 10.1 Å². The number of carbonyl (C=O) groups excluding carboxylic acids is 1. The molecule has 4 rings (SSSR count). The first kappa shape index (κ1) is 10.8. The molecular weight excluding hydrogens is 243 g/mol. The number of carbonyl (C=O) groups is 1. The molecule has 0 N–H and O–H groups in total. The fraction of sp³-hybridized carbons (Fsp3) is 0.267. The van der Waals surface area contributed by atoms with E-state index >= 15 is 0 Å². The Balaban J connectivity index is 2.09. The van der Waals surface area contributed by atoms with E-state index in [2.05, 4.69) is 6.92 Å². The molecule has 2 aliphatic heterocycles. The van der Waals surface area contributed by atoms with Gasteiger partial charge in [-0.05, 0) is 43.7 Å². The summed E-state index contributed by atoms with van der Waals surface area (Å²) in [6, 6.07) is 8.57. The van der Waals surface area contributed by atoms with Gasteiger partial charge in [0.15, 0.2) is 0 Å². The zero-order chi connectivity index (χ0) is 13.2. The normalized spacial score (nSPS) is 24.1. The maximum Gasteiger partial charge on any atom is 0.227 e. The fourth-order valence-corrected chi connectivity index (χ4v) is 3.40. The van der Waals surface area contributed by atoms with E-state index in [0.29, 0.717) is 6.42 Å². The van der Waals surface area contributed by atoms with Crippen molar-refractivity contribution in [3.63, 3.8) is 0 Å². The number of rotatable bonds is 0. The van der Waals surface area contributed by atoms with Gasteiger partial charge in [0.25, 0.3) is 0 Å². The summed E-state index contributed by atoms with van der Waals surface area (Å²) in [5.41, 5.74) is 2.28. The van der Waals surface area contributed by atoms with Crippen LogP contribution in [-0.4, -0.2) is 10.5 Å². The van der Waals surface area contributed by atoms with Crippen molar-refractivity contribution >= 4 is 11.6 Å². The maximum absolute atomic E-state index is 13.5. The van der Waals surface area contributed by atoms with Gasteiger partial charge in [0.1, 0.15) is 5.82 Å². The van der Waals surface area contributed by atoms with Crippen molar-refractivity contribution in [1.82, 2.24) is 4.57 Å². The summed E-state index contributed by atoms with van der Waals surface area (Å²) in [6.45, 7) is 2.08. The number of aromatic nitrogens is 1. The molecule has 19 heavy (non-hydrogen) atoms. The number of anilines is 1. The van der Waals surface area contributed by atoms with Crippen LogP contribution in [0.15, 0.2) is 36.5 Å². The first-order chi connectivity index (χ1) is 9.11.